The number of hydrogen-bond donors (Lipinski definition) is 0. The predicted molar refractivity (Wildman–Crippen MR) is 132 cm³/mol. The van der Waals surface area contributed by atoms with Gasteiger partial charge < -0.3 is 4.90 Å². The third-order valence-electron chi connectivity index (χ3n) is 10.1. The van der Waals surface area contributed by atoms with Gasteiger partial charge in [0.1, 0.15) is 0 Å². The van der Waals surface area contributed by atoms with Crippen LogP contribution in [0, 0.1) is 34.5 Å². The summed E-state index contributed by atoms with van der Waals surface area (Å²) in [6.07, 6.45) is 16.1. The van der Waals surface area contributed by atoms with Crippen molar-refractivity contribution in [2.45, 2.75) is 78.1 Å². The molecule has 4 fully saturated rings. The Morgan fingerprint density at radius 1 is 0.903 bits per heavy atom. The third-order valence-corrected chi connectivity index (χ3v) is 10.1. The molecule has 1 aromatic carbocycles. The maximum absolute atomic E-state index is 4.84. The topological polar surface area (TPSA) is 28.0 Å². The van der Waals surface area contributed by atoms with E-state index in [1.54, 1.807) is 0 Å². The fourth-order valence-electron chi connectivity index (χ4n) is 8.27. The third kappa shape index (κ3) is 3.56. The van der Waals surface area contributed by atoms with Crippen molar-refractivity contribution in [2.75, 3.05) is 19.0 Å². The van der Waals surface area contributed by atoms with E-state index in [0.29, 0.717) is 5.41 Å². The van der Waals surface area contributed by atoms with E-state index in [0.717, 1.165) is 35.7 Å². The Morgan fingerprint density at radius 3 is 2.48 bits per heavy atom. The van der Waals surface area contributed by atoms with Crippen LogP contribution >= 0.6 is 0 Å². The lowest BCUT2D eigenvalue weighted by Crippen LogP contribution is -2.52. The molecule has 0 aromatic heterocycles. The van der Waals surface area contributed by atoms with Gasteiger partial charge in [0.2, 0.25) is 0 Å². The molecule has 3 nitrogen and oxygen atoms in total. The first-order chi connectivity index (χ1) is 14.9. The number of rotatable bonds is 3. The Morgan fingerprint density at radius 2 is 1.71 bits per heavy atom. The summed E-state index contributed by atoms with van der Waals surface area (Å²) in [6, 6.07) is 8.55. The predicted octanol–water partition coefficient (Wildman–Crippen LogP) is 6.96. The summed E-state index contributed by atoms with van der Waals surface area (Å²) in [5, 5.41) is 9.41. The number of fused-ring (bicyclic) bond motifs is 5. The van der Waals surface area contributed by atoms with Crippen LogP contribution in [0.25, 0.3) is 0 Å². The summed E-state index contributed by atoms with van der Waals surface area (Å²) in [5.41, 5.74) is 4.63. The van der Waals surface area contributed by atoms with E-state index in [1.807, 2.05) is 6.21 Å². The van der Waals surface area contributed by atoms with Crippen LogP contribution in [0.3, 0.4) is 0 Å². The molecule has 0 spiro atoms. The molecule has 0 aliphatic heterocycles. The molecule has 31 heavy (non-hydrogen) atoms. The monoisotopic (exact) mass is 419 g/mol. The van der Waals surface area contributed by atoms with Gasteiger partial charge in [0, 0.05) is 30.9 Å². The van der Waals surface area contributed by atoms with Crippen LogP contribution in [-0.2, 0) is 0 Å². The van der Waals surface area contributed by atoms with Crippen molar-refractivity contribution in [1.29, 1.82) is 0 Å². The summed E-state index contributed by atoms with van der Waals surface area (Å²) in [4.78, 5) is 2.12. The van der Waals surface area contributed by atoms with Gasteiger partial charge in [0.15, 0.2) is 0 Å². The fourth-order valence-corrected chi connectivity index (χ4v) is 8.27. The van der Waals surface area contributed by atoms with Crippen LogP contribution in [-0.4, -0.2) is 26.0 Å². The van der Waals surface area contributed by atoms with Crippen molar-refractivity contribution in [1.82, 2.24) is 0 Å². The number of benzene rings is 1. The molecular formula is C28H41N3. The number of nitrogens with zero attached hydrogens (tertiary/aromatic N) is 3. The summed E-state index contributed by atoms with van der Waals surface area (Å²) in [5.74, 6) is 3.72. The molecule has 0 radical (unpaired) electrons. The quantitative estimate of drug-likeness (QED) is 0.384. The van der Waals surface area contributed by atoms with Gasteiger partial charge >= 0.3 is 0 Å². The van der Waals surface area contributed by atoms with Gasteiger partial charge in [-0.3, -0.25) is 0 Å². The average Bonchev–Trinajstić information content (AvgIpc) is 3.10. The Balaban J connectivity index is 1.32. The number of anilines is 1. The second kappa shape index (κ2) is 8.05. The minimum Gasteiger partial charge on any atom is -0.378 e. The van der Waals surface area contributed by atoms with Gasteiger partial charge in [0.25, 0.3) is 0 Å². The Kier molecular flexibility index (Phi) is 5.51. The molecule has 0 bridgehead atoms. The van der Waals surface area contributed by atoms with Crippen LogP contribution in [0.4, 0.5) is 5.69 Å². The SMILES string of the molecule is CN(C)c1ccc(/C=N\N=C2\CC[C@@H]3[C@@H]4CC[C@H]5CCCC[C@]5(C)[C@H]4CC[C@]23C)cc1. The molecule has 0 saturated heterocycles. The van der Waals surface area contributed by atoms with Crippen LogP contribution in [0.2, 0.25) is 0 Å². The summed E-state index contributed by atoms with van der Waals surface area (Å²) in [7, 11) is 4.14. The van der Waals surface area contributed by atoms with Crippen LogP contribution in [0.15, 0.2) is 34.5 Å². The van der Waals surface area contributed by atoms with E-state index in [1.165, 1.54) is 69.2 Å². The van der Waals surface area contributed by atoms with Gasteiger partial charge in [-0.1, -0.05) is 38.8 Å². The molecule has 0 amide bonds. The zero-order valence-electron chi connectivity index (χ0n) is 20.1. The van der Waals surface area contributed by atoms with Gasteiger partial charge in [-0.05, 0) is 98.1 Å². The molecule has 0 unspecified atom stereocenters. The van der Waals surface area contributed by atoms with Crippen LogP contribution in [0.1, 0.15) is 83.6 Å². The zero-order chi connectivity index (χ0) is 21.6. The lowest BCUT2D eigenvalue weighted by molar-refractivity contribution is -0.0936. The van der Waals surface area contributed by atoms with E-state index in [9.17, 15) is 0 Å². The van der Waals surface area contributed by atoms with Crippen molar-refractivity contribution >= 4 is 17.6 Å². The van der Waals surface area contributed by atoms with Crippen molar-refractivity contribution in [3.8, 4) is 0 Å². The van der Waals surface area contributed by atoms with E-state index in [-0.39, 0.29) is 5.41 Å². The van der Waals surface area contributed by atoms with Crippen molar-refractivity contribution in [2.24, 2.45) is 44.7 Å². The lowest BCUT2D eigenvalue weighted by atomic mass is 9.45. The molecular weight excluding hydrogens is 378 g/mol. The van der Waals surface area contributed by atoms with Gasteiger partial charge in [-0.15, -0.1) is 0 Å². The maximum atomic E-state index is 4.84. The first-order valence-corrected chi connectivity index (χ1v) is 12.8. The smallest absolute Gasteiger partial charge is 0.0568 e. The molecule has 3 heteroatoms. The summed E-state index contributed by atoms with van der Waals surface area (Å²) in [6.45, 7) is 5.20. The van der Waals surface area contributed by atoms with Gasteiger partial charge in [-0.25, -0.2) is 0 Å². The Hall–Kier alpha value is -1.64. The first-order valence-electron chi connectivity index (χ1n) is 12.8. The van der Waals surface area contributed by atoms with E-state index < -0.39 is 0 Å². The molecule has 168 valence electrons. The van der Waals surface area contributed by atoms with Crippen LogP contribution in [0.5, 0.6) is 0 Å². The molecule has 0 heterocycles. The molecule has 4 aliphatic carbocycles. The molecule has 5 rings (SSSR count). The molecule has 1 aromatic rings. The minimum atomic E-state index is 0.283. The standard InChI is InChI=1S/C28H41N3/c1-27-17-6-5-7-21(27)10-13-23-24-14-15-26(28(24,2)18-16-25(23)27)30-29-19-20-8-11-22(12-9-20)31(3)4/h8-9,11-12,19,21,23-25H,5-7,10,13-18H2,1-4H3/b29-19-,30-26-/t21-,23+,24-,25+,27+,28+/m1/s1. The minimum absolute atomic E-state index is 0.283. The summed E-state index contributed by atoms with van der Waals surface area (Å²) >= 11 is 0. The normalized spacial score (nSPS) is 41.1. The van der Waals surface area contributed by atoms with Crippen LogP contribution < -0.4 is 4.90 Å². The highest BCUT2D eigenvalue weighted by Crippen LogP contribution is 2.65. The van der Waals surface area contributed by atoms with E-state index >= 15 is 0 Å². The largest absolute Gasteiger partial charge is 0.378 e. The Bertz CT molecular complexity index is 854. The molecule has 6 atom stereocenters. The highest BCUT2D eigenvalue weighted by Gasteiger charge is 2.58. The molecule has 0 N–H and O–H groups in total. The first kappa shape index (κ1) is 21.2. The van der Waals surface area contributed by atoms with Crippen molar-refractivity contribution in [3.63, 3.8) is 0 Å². The van der Waals surface area contributed by atoms with Crippen molar-refractivity contribution < 1.29 is 0 Å². The fraction of sp³-hybridized carbons (Fsp3) is 0.714. The molecule has 4 saturated carbocycles. The van der Waals surface area contributed by atoms with E-state index in [2.05, 4.69) is 62.2 Å². The Labute approximate surface area is 189 Å². The van der Waals surface area contributed by atoms with E-state index in [4.69, 9.17) is 5.10 Å². The lowest BCUT2D eigenvalue weighted by Gasteiger charge is -2.59. The highest BCUT2D eigenvalue weighted by atomic mass is 15.2. The molecule has 4 aliphatic rings. The maximum Gasteiger partial charge on any atom is 0.0568 e. The van der Waals surface area contributed by atoms with Gasteiger partial charge in [-0.2, -0.15) is 10.2 Å². The average molecular weight is 420 g/mol. The summed E-state index contributed by atoms with van der Waals surface area (Å²) < 4.78 is 0. The van der Waals surface area contributed by atoms with Crippen molar-refractivity contribution in [3.05, 3.63) is 29.8 Å². The second-order valence-electron chi connectivity index (χ2n) is 11.7. The zero-order valence-corrected chi connectivity index (χ0v) is 20.1. The van der Waals surface area contributed by atoms with Gasteiger partial charge in [0.05, 0.1) is 6.21 Å². The second-order valence-corrected chi connectivity index (χ2v) is 11.7. The number of hydrogen-bond acceptors (Lipinski definition) is 3. The highest BCUT2D eigenvalue weighted by molar-refractivity contribution is 5.93.